The lowest BCUT2D eigenvalue weighted by atomic mass is 10.2. The minimum absolute atomic E-state index is 0.455. The van der Waals surface area contributed by atoms with Crippen molar-refractivity contribution in [2.45, 2.75) is 26.4 Å². The molecule has 0 spiro atoms. The van der Waals surface area contributed by atoms with E-state index in [1.54, 1.807) is 6.20 Å². The van der Waals surface area contributed by atoms with Gasteiger partial charge in [-0.1, -0.05) is 13.0 Å². The van der Waals surface area contributed by atoms with Crippen molar-refractivity contribution in [3.8, 4) is 0 Å². The van der Waals surface area contributed by atoms with E-state index in [4.69, 9.17) is 0 Å². The van der Waals surface area contributed by atoms with Crippen molar-refractivity contribution in [2.24, 2.45) is 0 Å². The Morgan fingerprint density at radius 1 is 1.50 bits per heavy atom. The summed E-state index contributed by atoms with van der Waals surface area (Å²) in [5.41, 5.74) is 1.80. The molecular formula is C13H20N2O. The van der Waals surface area contributed by atoms with Gasteiger partial charge in [-0.05, 0) is 25.5 Å². The Labute approximate surface area is 97.4 Å². The maximum Gasteiger partial charge on any atom is 0.0957 e. The van der Waals surface area contributed by atoms with Gasteiger partial charge in [0.25, 0.3) is 0 Å². The van der Waals surface area contributed by atoms with Gasteiger partial charge in [0.15, 0.2) is 0 Å². The van der Waals surface area contributed by atoms with E-state index < -0.39 is 6.10 Å². The Morgan fingerprint density at radius 2 is 2.25 bits per heavy atom. The molecule has 1 atom stereocenters. The van der Waals surface area contributed by atoms with Crippen LogP contribution >= 0.6 is 0 Å². The van der Waals surface area contributed by atoms with Gasteiger partial charge < -0.3 is 10.0 Å². The average molecular weight is 220 g/mol. The van der Waals surface area contributed by atoms with Gasteiger partial charge in [0, 0.05) is 13.1 Å². The van der Waals surface area contributed by atoms with Crippen molar-refractivity contribution in [1.29, 1.82) is 0 Å². The first-order chi connectivity index (χ1) is 7.72. The quantitative estimate of drug-likeness (QED) is 0.748. The van der Waals surface area contributed by atoms with Crippen LogP contribution in [0.5, 0.6) is 0 Å². The van der Waals surface area contributed by atoms with E-state index in [0.717, 1.165) is 24.5 Å². The van der Waals surface area contributed by atoms with Crippen molar-refractivity contribution >= 4 is 5.69 Å². The van der Waals surface area contributed by atoms with E-state index in [2.05, 4.69) is 23.4 Å². The zero-order chi connectivity index (χ0) is 12.0. The largest absolute Gasteiger partial charge is 0.387 e. The molecule has 1 aromatic heterocycles. The number of hydrogen-bond acceptors (Lipinski definition) is 3. The highest BCUT2D eigenvalue weighted by Gasteiger charge is 2.07. The van der Waals surface area contributed by atoms with Crippen LogP contribution < -0.4 is 4.90 Å². The Hall–Kier alpha value is -1.35. The second kappa shape index (κ2) is 6.28. The average Bonchev–Trinajstić information content (AvgIpc) is 2.35. The molecule has 0 aliphatic carbocycles. The molecule has 0 fully saturated rings. The van der Waals surface area contributed by atoms with Gasteiger partial charge in [-0.2, -0.15) is 0 Å². The van der Waals surface area contributed by atoms with Crippen LogP contribution in [0.15, 0.2) is 31.0 Å². The molecule has 0 aliphatic heterocycles. The normalized spacial score (nSPS) is 12.2. The molecule has 1 N–H and O–H groups in total. The van der Waals surface area contributed by atoms with Gasteiger partial charge in [0.1, 0.15) is 0 Å². The first-order valence-electron chi connectivity index (χ1n) is 5.72. The summed E-state index contributed by atoms with van der Waals surface area (Å²) in [6.07, 6.45) is 3.92. The molecule has 0 saturated carbocycles. The highest BCUT2D eigenvalue weighted by Crippen LogP contribution is 2.18. The minimum atomic E-state index is -0.455. The molecular weight excluding hydrogens is 200 g/mol. The molecule has 3 heteroatoms. The summed E-state index contributed by atoms with van der Waals surface area (Å²) in [6, 6.07) is 3.88. The van der Waals surface area contributed by atoms with E-state index in [9.17, 15) is 5.11 Å². The smallest absolute Gasteiger partial charge is 0.0957 e. The zero-order valence-corrected chi connectivity index (χ0v) is 10.1. The molecule has 1 heterocycles. The van der Waals surface area contributed by atoms with Crippen LogP contribution in [0.25, 0.3) is 0 Å². The van der Waals surface area contributed by atoms with Crippen molar-refractivity contribution in [3.05, 3.63) is 36.7 Å². The first kappa shape index (κ1) is 12.7. The van der Waals surface area contributed by atoms with E-state index >= 15 is 0 Å². The minimum Gasteiger partial charge on any atom is -0.387 e. The topological polar surface area (TPSA) is 36.4 Å². The molecule has 0 bridgehead atoms. The molecule has 88 valence electrons. The number of anilines is 1. The van der Waals surface area contributed by atoms with Gasteiger partial charge in [0.05, 0.1) is 23.7 Å². The lowest BCUT2D eigenvalue weighted by Crippen LogP contribution is -2.22. The monoisotopic (exact) mass is 220 g/mol. The number of nitrogens with zero attached hydrogens (tertiary/aromatic N) is 2. The van der Waals surface area contributed by atoms with Crippen LogP contribution in [0.4, 0.5) is 5.69 Å². The SMILES string of the molecule is C=CCN(CC)c1ccc([C@H](O)CC)nc1. The Bertz CT molecular complexity index is 321. The predicted molar refractivity (Wildman–Crippen MR) is 67.6 cm³/mol. The lowest BCUT2D eigenvalue weighted by Gasteiger charge is -2.21. The number of aromatic nitrogens is 1. The number of hydrogen-bond donors (Lipinski definition) is 1. The number of aliphatic hydroxyl groups excluding tert-OH is 1. The number of aliphatic hydroxyl groups is 1. The molecule has 3 nitrogen and oxygen atoms in total. The maximum absolute atomic E-state index is 9.63. The second-order valence-electron chi connectivity index (χ2n) is 3.69. The van der Waals surface area contributed by atoms with E-state index in [1.807, 2.05) is 25.1 Å². The Kier molecular flexibility index (Phi) is 4.99. The van der Waals surface area contributed by atoms with E-state index in [0.29, 0.717) is 6.42 Å². The van der Waals surface area contributed by atoms with Crippen LogP contribution in [0, 0.1) is 0 Å². The number of rotatable bonds is 6. The van der Waals surface area contributed by atoms with Crippen molar-refractivity contribution in [1.82, 2.24) is 4.98 Å². The molecule has 0 saturated heterocycles. The Morgan fingerprint density at radius 3 is 2.69 bits per heavy atom. The van der Waals surface area contributed by atoms with Crippen LogP contribution in [0.1, 0.15) is 32.1 Å². The van der Waals surface area contributed by atoms with Gasteiger partial charge >= 0.3 is 0 Å². The maximum atomic E-state index is 9.63. The van der Waals surface area contributed by atoms with Crippen LogP contribution in [-0.4, -0.2) is 23.2 Å². The summed E-state index contributed by atoms with van der Waals surface area (Å²) in [6.45, 7) is 9.50. The molecule has 1 rings (SSSR count). The summed E-state index contributed by atoms with van der Waals surface area (Å²) >= 11 is 0. The lowest BCUT2D eigenvalue weighted by molar-refractivity contribution is 0.169. The highest BCUT2D eigenvalue weighted by atomic mass is 16.3. The van der Waals surface area contributed by atoms with Crippen LogP contribution in [0.3, 0.4) is 0 Å². The summed E-state index contributed by atoms with van der Waals surface area (Å²) < 4.78 is 0. The van der Waals surface area contributed by atoms with Crippen molar-refractivity contribution in [2.75, 3.05) is 18.0 Å². The summed E-state index contributed by atoms with van der Waals surface area (Å²) in [4.78, 5) is 6.44. The summed E-state index contributed by atoms with van der Waals surface area (Å²) in [7, 11) is 0. The third-order valence-corrected chi connectivity index (χ3v) is 2.60. The fourth-order valence-corrected chi connectivity index (χ4v) is 1.56. The Balaban J connectivity index is 2.80. The molecule has 0 radical (unpaired) electrons. The molecule has 0 aromatic carbocycles. The van der Waals surface area contributed by atoms with Gasteiger partial charge in [-0.25, -0.2) is 0 Å². The molecule has 0 unspecified atom stereocenters. The van der Waals surface area contributed by atoms with Gasteiger partial charge in [-0.15, -0.1) is 6.58 Å². The molecule has 16 heavy (non-hydrogen) atoms. The third-order valence-electron chi connectivity index (χ3n) is 2.60. The summed E-state index contributed by atoms with van der Waals surface area (Å²) in [5.74, 6) is 0. The predicted octanol–water partition coefficient (Wildman–Crippen LogP) is 2.54. The standard InChI is InChI=1S/C13H20N2O/c1-4-9-15(6-3)11-7-8-12(14-10-11)13(16)5-2/h4,7-8,10,13,16H,1,5-6,9H2,2-3H3/t13-/m1/s1. The van der Waals surface area contributed by atoms with Crippen molar-refractivity contribution in [3.63, 3.8) is 0 Å². The fourth-order valence-electron chi connectivity index (χ4n) is 1.56. The fraction of sp³-hybridized carbons (Fsp3) is 0.462. The van der Waals surface area contributed by atoms with E-state index in [-0.39, 0.29) is 0 Å². The van der Waals surface area contributed by atoms with Gasteiger partial charge in [-0.3, -0.25) is 4.98 Å². The molecule has 1 aromatic rings. The molecule has 0 amide bonds. The second-order valence-corrected chi connectivity index (χ2v) is 3.69. The van der Waals surface area contributed by atoms with Crippen LogP contribution in [0.2, 0.25) is 0 Å². The third kappa shape index (κ3) is 3.07. The van der Waals surface area contributed by atoms with Gasteiger partial charge in [0.2, 0.25) is 0 Å². The molecule has 0 aliphatic rings. The number of pyridine rings is 1. The zero-order valence-electron chi connectivity index (χ0n) is 10.1. The number of likely N-dealkylation sites (N-methyl/N-ethyl adjacent to an activating group) is 1. The summed E-state index contributed by atoms with van der Waals surface area (Å²) in [5, 5.41) is 9.63. The van der Waals surface area contributed by atoms with Crippen LogP contribution in [-0.2, 0) is 0 Å². The first-order valence-corrected chi connectivity index (χ1v) is 5.72. The van der Waals surface area contributed by atoms with Crippen molar-refractivity contribution < 1.29 is 5.11 Å². The van der Waals surface area contributed by atoms with E-state index in [1.165, 1.54) is 0 Å². The highest BCUT2D eigenvalue weighted by molar-refractivity contribution is 5.45.